The molecule has 0 saturated carbocycles. The first-order valence-electron chi connectivity index (χ1n) is 3.11. The molecule has 0 aliphatic rings. The molecule has 0 fully saturated rings. The lowest BCUT2D eigenvalue weighted by Crippen LogP contribution is -1.83. The van der Waals surface area contributed by atoms with Crippen molar-refractivity contribution in [3.05, 3.63) is 24.5 Å². The summed E-state index contributed by atoms with van der Waals surface area (Å²) < 4.78 is 4.63. The van der Waals surface area contributed by atoms with Crippen LogP contribution in [-0.4, -0.2) is 12.9 Å². The van der Waals surface area contributed by atoms with Gasteiger partial charge in [-0.1, -0.05) is 12.2 Å². The summed E-state index contributed by atoms with van der Waals surface area (Å²) in [6, 6.07) is 0. The molecule has 0 spiro atoms. The fourth-order valence-corrected chi connectivity index (χ4v) is 0.437. The van der Waals surface area contributed by atoms with Gasteiger partial charge in [0.15, 0.2) is 0 Å². The van der Waals surface area contributed by atoms with E-state index in [1.165, 1.54) is 0 Å². The minimum atomic E-state index is 0.169. The van der Waals surface area contributed by atoms with E-state index >= 15 is 0 Å². The predicted molar refractivity (Wildman–Crippen MR) is 40.6 cm³/mol. The number of carbonyl (C=O) groups excluding carboxylic acids is 1. The summed E-state index contributed by atoms with van der Waals surface area (Å²) in [5.74, 6) is 0.169. The number of ketones is 1. The summed E-state index contributed by atoms with van der Waals surface area (Å²) in [6.07, 6.45) is 7.36. The second-order valence-corrected chi connectivity index (χ2v) is 1.90. The van der Waals surface area contributed by atoms with Crippen molar-refractivity contribution in [3.8, 4) is 0 Å². The van der Waals surface area contributed by atoms with Crippen LogP contribution in [0.2, 0.25) is 0 Å². The molecule has 0 rings (SSSR count). The van der Waals surface area contributed by atoms with E-state index in [1.807, 2.05) is 0 Å². The first-order valence-corrected chi connectivity index (χ1v) is 3.11. The number of hydrogen-bond acceptors (Lipinski definition) is 2. The van der Waals surface area contributed by atoms with E-state index in [1.54, 1.807) is 38.5 Å². The van der Waals surface area contributed by atoms with Crippen molar-refractivity contribution < 1.29 is 9.53 Å². The average Bonchev–Trinajstić information content (AvgIpc) is 1.87. The highest BCUT2D eigenvalue weighted by atomic mass is 16.5. The Morgan fingerprint density at radius 3 is 2.70 bits per heavy atom. The largest absolute Gasteiger partial charge is 0.504 e. The summed E-state index contributed by atoms with van der Waals surface area (Å²) in [4.78, 5) is 10.4. The van der Waals surface area contributed by atoms with Crippen LogP contribution in [-0.2, 0) is 9.53 Å². The first-order chi connectivity index (χ1) is 4.77. The zero-order valence-corrected chi connectivity index (χ0v) is 6.33. The van der Waals surface area contributed by atoms with Crippen molar-refractivity contribution in [3.63, 3.8) is 0 Å². The lowest BCUT2D eigenvalue weighted by molar-refractivity contribution is -0.116. The van der Waals surface area contributed by atoms with E-state index in [9.17, 15) is 4.79 Å². The molecule has 0 aromatic carbocycles. The maximum absolute atomic E-state index is 10.4. The molecule has 0 radical (unpaired) electrons. The molecule has 2 heteroatoms. The monoisotopic (exact) mass is 140 g/mol. The zero-order valence-electron chi connectivity index (χ0n) is 6.33. The Kier molecular flexibility index (Phi) is 5.44. The van der Waals surface area contributed by atoms with Crippen LogP contribution >= 0.6 is 0 Å². The fourth-order valence-electron chi connectivity index (χ4n) is 0.437. The Bertz CT molecular complexity index is 145. The van der Waals surface area contributed by atoms with Gasteiger partial charge in [-0.3, -0.25) is 4.79 Å². The van der Waals surface area contributed by atoms with Crippen molar-refractivity contribution in [1.29, 1.82) is 0 Å². The Balaban J connectivity index is 3.37. The molecule has 0 unspecified atom stereocenters. The van der Waals surface area contributed by atoms with Crippen LogP contribution in [0.1, 0.15) is 13.3 Å². The number of Topliss-reactive ketones (excluding diaryl/α,β-unsaturated/α-hetero) is 1. The van der Waals surface area contributed by atoms with Crippen molar-refractivity contribution in [1.82, 2.24) is 0 Å². The molecule has 56 valence electrons. The van der Waals surface area contributed by atoms with Crippen LogP contribution in [0.3, 0.4) is 0 Å². The average molecular weight is 140 g/mol. The SMILES string of the molecule is CO/C=C\C=C\CC(C)=O. The van der Waals surface area contributed by atoms with Gasteiger partial charge in [-0.2, -0.15) is 0 Å². The van der Waals surface area contributed by atoms with Crippen LogP contribution in [0.15, 0.2) is 24.5 Å². The summed E-state index contributed by atoms with van der Waals surface area (Å²) in [7, 11) is 1.58. The summed E-state index contributed by atoms with van der Waals surface area (Å²) in [5.41, 5.74) is 0. The second kappa shape index (κ2) is 6.08. The van der Waals surface area contributed by atoms with Gasteiger partial charge in [0.1, 0.15) is 5.78 Å². The van der Waals surface area contributed by atoms with Crippen LogP contribution in [0.5, 0.6) is 0 Å². The van der Waals surface area contributed by atoms with E-state index in [-0.39, 0.29) is 5.78 Å². The van der Waals surface area contributed by atoms with Gasteiger partial charge in [-0.25, -0.2) is 0 Å². The van der Waals surface area contributed by atoms with Gasteiger partial charge in [-0.15, -0.1) is 0 Å². The molecule has 0 saturated heterocycles. The van der Waals surface area contributed by atoms with Gasteiger partial charge >= 0.3 is 0 Å². The van der Waals surface area contributed by atoms with Gasteiger partial charge in [0.2, 0.25) is 0 Å². The Morgan fingerprint density at radius 1 is 1.50 bits per heavy atom. The van der Waals surface area contributed by atoms with Crippen molar-refractivity contribution in [2.75, 3.05) is 7.11 Å². The Hall–Kier alpha value is -1.05. The normalized spacial score (nSPS) is 11.0. The lowest BCUT2D eigenvalue weighted by atomic mass is 10.3. The Labute approximate surface area is 61.2 Å². The molecule has 0 heterocycles. The van der Waals surface area contributed by atoms with E-state index in [0.29, 0.717) is 6.42 Å². The van der Waals surface area contributed by atoms with E-state index in [0.717, 1.165) is 0 Å². The van der Waals surface area contributed by atoms with Crippen molar-refractivity contribution in [2.24, 2.45) is 0 Å². The highest BCUT2D eigenvalue weighted by Gasteiger charge is 1.82. The van der Waals surface area contributed by atoms with Gasteiger partial charge < -0.3 is 4.74 Å². The molecule has 0 aromatic heterocycles. The molecule has 0 aliphatic heterocycles. The highest BCUT2D eigenvalue weighted by Crippen LogP contribution is 1.85. The maximum Gasteiger partial charge on any atom is 0.133 e. The smallest absolute Gasteiger partial charge is 0.133 e. The zero-order chi connectivity index (χ0) is 7.82. The number of ether oxygens (including phenoxy) is 1. The molecule has 0 amide bonds. The molecule has 0 atom stereocenters. The van der Waals surface area contributed by atoms with Gasteiger partial charge in [-0.05, 0) is 13.0 Å². The topological polar surface area (TPSA) is 26.3 Å². The third-order valence-corrected chi connectivity index (χ3v) is 0.867. The number of allylic oxidation sites excluding steroid dienone is 3. The van der Waals surface area contributed by atoms with Gasteiger partial charge in [0.25, 0.3) is 0 Å². The molecular formula is C8H12O2. The standard InChI is InChI=1S/C8H12O2/c1-8(9)6-4-3-5-7-10-2/h3-5,7H,6H2,1-2H3/b4-3+,7-5-. The third-order valence-electron chi connectivity index (χ3n) is 0.867. The van der Waals surface area contributed by atoms with E-state index < -0.39 is 0 Å². The number of hydrogen-bond donors (Lipinski definition) is 0. The second-order valence-electron chi connectivity index (χ2n) is 1.90. The minimum absolute atomic E-state index is 0.169. The summed E-state index contributed by atoms with van der Waals surface area (Å²) in [5, 5.41) is 0. The highest BCUT2D eigenvalue weighted by molar-refractivity contribution is 5.76. The summed E-state index contributed by atoms with van der Waals surface area (Å²) >= 11 is 0. The van der Waals surface area contributed by atoms with Crippen molar-refractivity contribution in [2.45, 2.75) is 13.3 Å². The fraction of sp³-hybridized carbons (Fsp3) is 0.375. The maximum atomic E-state index is 10.4. The van der Waals surface area contributed by atoms with Crippen molar-refractivity contribution >= 4 is 5.78 Å². The summed E-state index contributed by atoms with van der Waals surface area (Å²) in [6.45, 7) is 1.56. The Morgan fingerprint density at radius 2 is 2.20 bits per heavy atom. The van der Waals surface area contributed by atoms with Crippen LogP contribution in [0.25, 0.3) is 0 Å². The number of carbonyl (C=O) groups is 1. The number of methoxy groups -OCH3 is 1. The lowest BCUT2D eigenvalue weighted by Gasteiger charge is -1.82. The minimum Gasteiger partial charge on any atom is -0.504 e. The van der Waals surface area contributed by atoms with E-state index in [2.05, 4.69) is 4.74 Å². The predicted octanol–water partition coefficient (Wildman–Crippen LogP) is 1.68. The quantitative estimate of drug-likeness (QED) is 0.438. The molecular weight excluding hydrogens is 128 g/mol. The first kappa shape index (κ1) is 8.95. The number of rotatable bonds is 4. The molecule has 0 aliphatic carbocycles. The van der Waals surface area contributed by atoms with Gasteiger partial charge in [0.05, 0.1) is 13.4 Å². The molecule has 0 aromatic rings. The van der Waals surface area contributed by atoms with Crippen LogP contribution in [0.4, 0.5) is 0 Å². The molecule has 10 heavy (non-hydrogen) atoms. The molecule has 2 nitrogen and oxygen atoms in total. The third kappa shape index (κ3) is 6.95. The molecule has 0 bridgehead atoms. The molecule has 0 N–H and O–H groups in total. The van der Waals surface area contributed by atoms with Gasteiger partial charge in [0, 0.05) is 6.42 Å². The van der Waals surface area contributed by atoms with Crippen LogP contribution in [0, 0.1) is 0 Å². The van der Waals surface area contributed by atoms with Crippen LogP contribution < -0.4 is 0 Å². The van der Waals surface area contributed by atoms with E-state index in [4.69, 9.17) is 0 Å².